The molecule has 0 aliphatic rings. The number of nitrogens with one attached hydrogen (secondary N) is 3. The molecule has 0 bridgehead atoms. The third-order valence-corrected chi connectivity index (χ3v) is 4.64. The van der Waals surface area contributed by atoms with Gasteiger partial charge in [-0.05, 0) is 45.9 Å². The number of carbonyl (C=O) groups is 1. The summed E-state index contributed by atoms with van der Waals surface area (Å²) >= 11 is 0. The second-order valence-electron chi connectivity index (χ2n) is 7.90. The predicted octanol–water partition coefficient (Wildman–Crippen LogP) is 3.25. The minimum atomic E-state index is -1.61. The van der Waals surface area contributed by atoms with E-state index in [2.05, 4.69) is 26.7 Å². The molecule has 1 unspecified atom stereocenters. The summed E-state index contributed by atoms with van der Waals surface area (Å²) in [6.07, 6.45) is -0.184. The van der Waals surface area contributed by atoms with Gasteiger partial charge in [0.1, 0.15) is 11.8 Å². The highest BCUT2D eigenvalue weighted by atomic mass is 19.1. The van der Waals surface area contributed by atoms with Crippen LogP contribution in [0.2, 0.25) is 0 Å². The van der Waals surface area contributed by atoms with Crippen LogP contribution in [0.1, 0.15) is 43.6 Å². The maximum atomic E-state index is 14.1. The van der Waals surface area contributed by atoms with Gasteiger partial charge < -0.3 is 20.7 Å². The van der Waals surface area contributed by atoms with Gasteiger partial charge >= 0.3 is 0 Å². The SMILES string of the molecule is CC(C)Nc1c(C(=O)NCC(F)C(C)(C)O)cnc2[nH]c3ccc(C#N)cc3c12. The summed E-state index contributed by atoms with van der Waals surface area (Å²) in [5.41, 5.74) is 1.13. The first-order valence-electron chi connectivity index (χ1n) is 9.37. The molecule has 2 aromatic heterocycles. The molecule has 152 valence electrons. The van der Waals surface area contributed by atoms with Gasteiger partial charge in [-0.3, -0.25) is 4.79 Å². The van der Waals surface area contributed by atoms with Gasteiger partial charge in [0.05, 0.1) is 40.4 Å². The minimum Gasteiger partial charge on any atom is -0.387 e. The van der Waals surface area contributed by atoms with Crippen molar-refractivity contribution in [1.82, 2.24) is 15.3 Å². The lowest BCUT2D eigenvalue weighted by atomic mass is 10.0. The maximum Gasteiger partial charge on any atom is 0.255 e. The predicted molar refractivity (Wildman–Crippen MR) is 111 cm³/mol. The molecule has 1 amide bonds. The molecule has 0 aliphatic heterocycles. The molecule has 0 saturated heterocycles. The van der Waals surface area contributed by atoms with Crippen molar-refractivity contribution in [3.8, 4) is 6.07 Å². The molecule has 8 heteroatoms. The number of anilines is 1. The number of rotatable bonds is 6. The Kier molecular flexibility index (Phi) is 5.44. The summed E-state index contributed by atoms with van der Waals surface area (Å²) in [6.45, 7) is 6.25. The second-order valence-corrected chi connectivity index (χ2v) is 7.90. The molecule has 0 spiro atoms. The summed E-state index contributed by atoms with van der Waals surface area (Å²) in [6, 6.07) is 7.38. The van der Waals surface area contributed by atoms with E-state index < -0.39 is 17.7 Å². The average Bonchev–Trinajstić information content (AvgIpc) is 3.02. The van der Waals surface area contributed by atoms with E-state index in [4.69, 9.17) is 0 Å². The smallest absolute Gasteiger partial charge is 0.255 e. The number of fused-ring (bicyclic) bond motifs is 3. The maximum absolute atomic E-state index is 14.1. The zero-order chi connectivity index (χ0) is 21.3. The lowest BCUT2D eigenvalue weighted by Gasteiger charge is -2.23. The Morgan fingerprint density at radius 3 is 2.76 bits per heavy atom. The van der Waals surface area contributed by atoms with Crippen LogP contribution < -0.4 is 10.6 Å². The number of hydrogen-bond acceptors (Lipinski definition) is 5. The molecule has 1 aromatic carbocycles. The number of halogens is 1. The molecule has 3 rings (SSSR count). The number of nitrogens with zero attached hydrogens (tertiary/aromatic N) is 2. The zero-order valence-corrected chi connectivity index (χ0v) is 16.8. The van der Waals surface area contributed by atoms with Crippen molar-refractivity contribution >= 4 is 33.5 Å². The highest BCUT2D eigenvalue weighted by Gasteiger charge is 2.27. The van der Waals surface area contributed by atoms with Gasteiger partial charge in [-0.1, -0.05) is 0 Å². The van der Waals surface area contributed by atoms with E-state index in [1.807, 2.05) is 13.8 Å². The fraction of sp³-hybridized carbons (Fsp3) is 0.381. The van der Waals surface area contributed by atoms with E-state index in [-0.39, 0.29) is 18.2 Å². The molecule has 29 heavy (non-hydrogen) atoms. The largest absolute Gasteiger partial charge is 0.387 e. The molecule has 7 nitrogen and oxygen atoms in total. The number of benzene rings is 1. The third-order valence-electron chi connectivity index (χ3n) is 4.64. The van der Waals surface area contributed by atoms with Gasteiger partial charge in [0.2, 0.25) is 0 Å². The first-order chi connectivity index (χ1) is 13.6. The van der Waals surface area contributed by atoms with E-state index >= 15 is 0 Å². The Balaban J connectivity index is 2.10. The molecule has 0 saturated carbocycles. The first kappa shape index (κ1) is 20.6. The third kappa shape index (κ3) is 4.15. The fourth-order valence-electron chi connectivity index (χ4n) is 3.06. The van der Waals surface area contributed by atoms with Crippen molar-refractivity contribution in [2.75, 3.05) is 11.9 Å². The number of aromatic amines is 1. The van der Waals surface area contributed by atoms with E-state index in [0.29, 0.717) is 22.3 Å². The summed E-state index contributed by atoms with van der Waals surface area (Å²) < 4.78 is 14.1. The Labute approximate surface area is 167 Å². The Morgan fingerprint density at radius 2 is 2.14 bits per heavy atom. The molecule has 3 aromatic rings. The number of amides is 1. The van der Waals surface area contributed by atoms with Gasteiger partial charge in [0.15, 0.2) is 0 Å². The van der Waals surface area contributed by atoms with Crippen LogP contribution in [-0.2, 0) is 0 Å². The summed E-state index contributed by atoms with van der Waals surface area (Å²) in [5.74, 6) is -0.500. The van der Waals surface area contributed by atoms with Gasteiger partial charge in [-0.25, -0.2) is 9.37 Å². The van der Waals surface area contributed by atoms with Crippen LogP contribution in [0.5, 0.6) is 0 Å². The normalized spacial score (nSPS) is 12.9. The topological polar surface area (TPSA) is 114 Å². The highest BCUT2D eigenvalue weighted by molar-refractivity contribution is 6.17. The quantitative estimate of drug-likeness (QED) is 0.510. The average molecular weight is 397 g/mol. The van der Waals surface area contributed by atoms with Crippen LogP contribution >= 0.6 is 0 Å². The van der Waals surface area contributed by atoms with Gasteiger partial charge in [0, 0.05) is 23.1 Å². The number of aliphatic hydroxyl groups is 1. The van der Waals surface area contributed by atoms with Crippen LogP contribution in [0.25, 0.3) is 21.9 Å². The van der Waals surface area contributed by atoms with Crippen LogP contribution in [0.4, 0.5) is 10.1 Å². The molecule has 2 heterocycles. The summed E-state index contributed by atoms with van der Waals surface area (Å²) in [4.78, 5) is 20.4. The van der Waals surface area contributed by atoms with E-state index in [9.17, 15) is 19.6 Å². The molecule has 1 atom stereocenters. The van der Waals surface area contributed by atoms with Gasteiger partial charge in [-0.15, -0.1) is 0 Å². The lowest BCUT2D eigenvalue weighted by molar-refractivity contribution is -0.00177. The number of H-pyrrole nitrogens is 1. The Bertz CT molecular complexity index is 1110. The molecule has 0 aliphatic carbocycles. The molecule has 0 fully saturated rings. The minimum absolute atomic E-state index is 0.0153. The second kappa shape index (κ2) is 7.68. The molecule has 4 N–H and O–H groups in total. The monoisotopic (exact) mass is 397 g/mol. The number of hydrogen-bond donors (Lipinski definition) is 4. The van der Waals surface area contributed by atoms with Crippen molar-refractivity contribution in [2.45, 2.75) is 45.5 Å². The lowest BCUT2D eigenvalue weighted by Crippen LogP contribution is -2.42. The fourth-order valence-corrected chi connectivity index (χ4v) is 3.06. The Hall–Kier alpha value is -3.18. The van der Waals surface area contributed by atoms with Gasteiger partial charge in [0.25, 0.3) is 5.91 Å². The number of nitriles is 1. The number of carbonyl (C=O) groups excluding carboxylic acids is 1. The molecule has 0 radical (unpaired) electrons. The number of pyridine rings is 1. The van der Waals surface area contributed by atoms with Crippen molar-refractivity contribution in [2.24, 2.45) is 0 Å². The standard InChI is InChI=1S/C21H24FN5O2/c1-11(2)26-18-14(20(28)25-10-16(22)21(3,4)29)9-24-19-17(18)13-7-12(8-23)5-6-15(13)27-19/h5-7,9,11,16,29H,10H2,1-4H3,(H,25,28)(H2,24,26,27). The molecular formula is C21H24FN5O2. The van der Waals surface area contributed by atoms with Crippen molar-refractivity contribution in [1.29, 1.82) is 5.26 Å². The van der Waals surface area contributed by atoms with Gasteiger partial charge in [-0.2, -0.15) is 5.26 Å². The van der Waals surface area contributed by atoms with E-state index in [1.54, 1.807) is 18.2 Å². The van der Waals surface area contributed by atoms with Crippen LogP contribution in [-0.4, -0.2) is 45.3 Å². The number of aromatic nitrogens is 2. The molecular weight excluding hydrogens is 373 g/mol. The zero-order valence-electron chi connectivity index (χ0n) is 16.8. The van der Waals surface area contributed by atoms with E-state index in [0.717, 1.165) is 10.9 Å². The summed E-state index contributed by atoms with van der Waals surface area (Å²) in [5, 5.41) is 26.3. The van der Waals surface area contributed by atoms with Crippen LogP contribution in [0.15, 0.2) is 24.4 Å². The summed E-state index contributed by atoms with van der Waals surface area (Å²) in [7, 11) is 0. The highest BCUT2D eigenvalue weighted by Crippen LogP contribution is 2.34. The van der Waals surface area contributed by atoms with Crippen LogP contribution in [0, 0.1) is 11.3 Å². The Morgan fingerprint density at radius 1 is 1.41 bits per heavy atom. The van der Waals surface area contributed by atoms with E-state index in [1.165, 1.54) is 20.0 Å². The van der Waals surface area contributed by atoms with Crippen molar-refractivity contribution in [3.05, 3.63) is 35.5 Å². The van der Waals surface area contributed by atoms with Crippen molar-refractivity contribution < 1.29 is 14.3 Å². The van der Waals surface area contributed by atoms with Crippen LogP contribution in [0.3, 0.4) is 0 Å². The van der Waals surface area contributed by atoms with Crippen molar-refractivity contribution in [3.63, 3.8) is 0 Å². The number of alkyl halides is 1. The first-order valence-corrected chi connectivity index (χ1v) is 9.37.